The lowest BCUT2D eigenvalue weighted by Crippen LogP contribution is -2.35. The number of nitrogens with zero attached hydrogens (tertiary/aromatic N) is 1. The fraction of sp³-hybridized carbons (Fsp3) is 0.364. The number of fused-ring (bicyclic) bond motifs is 2. The molecule has 0 unspecified atom stereocenters. The summed E-state index contributed by atoms with van der Waals surface area (Å²) in [6, 6.07) is 19.4. The van der Waals surface area contributed by atoms with Gasteiger partial charge in [0.25, 0.3) is 0 Å². The Morgan fingerprint density at radius 3 is 2.55 bits per heavy atom. The van der Waals surface area contributed by atoms with Gasteiger partial charge >= 0.3 is 5.63 Å². The van der Waals surface area contributed by atoms with Gasteiger partial charge in [0, 0.05) is 35.7 Å². The van der Waals surface area contributed by atoms with Crippen LogP contribution in [0.2, 0.25) is 0 Å². The van der Waals surface area contributed by atoms with E-state index in [2.05, 4.69) is 17.9 Å². The summed E-state index contributed by atoms with van der Waals surface area (Å²) in [6.45, 7) is 5.61. The molecule has 2 atom stereocenters. The molecule has 0 N–H and O–H groups in total. The van der Waals surface area contributed by atoms with Crippen LogP contribution in [0.15, 0.2) is 69.9 Å². The van der Waals surface area contributed by atoms with Crippen LogP contribution in [0.3, 0.4) is 0 Å². The summed E-state index contributed by atoms with van der Waals surface area (Å²) >= 11 is 0. The van der Waals surface area contributed by atoms with Crippen molar-refractivity contribution in [2.75, 3.05) is 40.6 Å². The Hall–Kier alpha value is -3.97. The molecule has 0 bridgehead atoms. The summed E-state index contributed by atoms with van der Waals surface area (Å²) in [7, 11) is 3.27. The van der Waals surface area contributed by atoms with E-state index in [9.17, 15) is 4.79 Å². The molecule has 1 fully saturated rings. The fourth-order valence-corrected chi connectivity index (χ4v) is 6.22. The highest BCUT2D eigenvalue weighted by Crippen LogP contribution is 2.47. The summed E-state index contributed by atoms with van der Waals surface area (Å²) in [5, 5.41) is 0.751. The van der Waals surface area contributed by atoms with Crippen LogP contribution < -0.4 is 24.6 Å². The van der Waals surface area contributed by atoms with Crippen LogP contribution in [0, 0.1) is 5.92 Å². The van der Waals surface area contributed by atoms with Crippen LogP contribution >= 0.6 is 0 Å². The summed E-state index contributed by atoms with van der Waals surface area (Å²) in [6.07, 6.45) is 3.29. The van der Waals surface area contributed by atoms with E-state index in [1.54, 1.807) is 20.3 Å². The third-order valence-corrected chi connectivity index (χ3v) is 8.13. The number of benzene rings is 3. The van der Waals surface area contributed by atoms with E-state index in [1.807, 2.05) is 48.5 Å². The maximum Gasteiger partial charge on any atom is 0.336 e. The third kappa shape index (κ3) is 5.02. The molecule has 40 heavy (non-hydrogen) atoms. The second-order valence-electron chi connectivity index (χ2n) is 10.7. The van der Waals surface area contributed by atoms with Gasteiger partial charge < -0.3 is 28.3 Å². The standard InChI is InChI=1S/C33H35NO6/c1-21-8-7-14-34(19-21)15-13-24(23-11-12-26-27(16-23)39-20-38-26)31-28(36-2)18-29(37-3)32-25(17-30(35)40-33(31)32)22-9-5-4-6-10-22/h4-6,9-12,16-18,21,24H,7-8,13-15,19-20H2,1-3H3/t21-,24+/m0/s1. The van der Waals surface area contributed by atoms with E-state index in [4.69, 9.17) is 23.4 Å². The first-order valence-electron chi connectivity index (χ1n) is 14.0. The second-order valence-corrected chi connectivity index (χ2v) is 10.7. The van der Waals surface area contributed by atoms with Crippen LogP contribution in [0.5, 0.6) is 23.0 Å². The van der Waals surface area contributed by atoms with Crippen molar-refractivity contribution in [3.63, 3.8) is 0 Å². The molecule has 7 heteroatoms. The Labute approximate surface area is 234 Å². The lowest BCUT2D eigenvalue weighted by atomic mass is 9.85. The van der Waals surface area contributed by atoms with Gasteiger partial charge in [-0.15, -0.1) is 0 Å². The summed E-state index contributed by atoms with van der Waals surface area (Å²) in [4.78, 5) is 15.6. The molecule has 0 aliphatic carbocycles. The molecule has 2 aliphatic heterocycles. The van der Waals surface area contributed by atoms with Gasteiger partial charge in [-0.3, -0.25) is 0 Å². The van der Waals surface area contributed by atoms with E-state index in [-0.39, 0.29) is 12.7 Å². The molecule has 0 radical (unpaired) electrons. The zero-order valence-corrected chi connectivity index (χ0v) is 23.3. The predicted molar refractivity (Wildman–Crippen MR) is 155 cm³/mol. The summed E-state index contributed by atoms with van der Waals surface area (Å²) in [5.41, 5.74) is 3.62. The first-order valence-corrected chi connectivity index (χ1v) is 14.0. The van der Waals surface area contributed by atoms with Crippen molar-refractivity contribution in [1.29, 1.82) is 0 Å². The predicted octanol–water partition coefficient (Wildman–Crippen LogP) is 6.46. The number of rotatable bonds is 8. The average molecular weight is 542 g/mol. The molecule has 0 spiro atoms. The van der Waals surface area contributed by atoms with Crippen LogP contribution in [-0.4, -0.2) is 45.5 Å². The number of hydrogen-bond donors (Lipinski definition) is 0. The molecule has 2 aliphatic rings. The molecule has 3 heterocycles. The summed E-state index contributed by atoms with van der Waals surface area (Å²) < 4.78 is 29.2. The molecule has 0 amide bonds. The first-order chi connectivity index (χ1) is 19.6. The van der Waals surface area contributed by atoms with E-state index in [0.29, 0.717) is 23.0 Å². The highest BCUT2D eigenvalue weighted by molar-refractivity contribution is 6.00. The molecule has 6 rings (SSSR count). The average Bonchev–Trinajstić information content (AvgIpc) is 3.45. The molecule has 3 aromatic carbocycles. The maximum atomic E-state index is 13.1. The number of ether oxygens (including phenoxy) is 4. The Kier molecular flexibility index (Phi) is 7.39. The molecule has 1 saturated heterocycles. The maximum absolute atomic E-state index is 13.1. The minimum atomic E-state index is -0.419. The molecular formula is C33H35NO6. The van der Waals surface area contributed by atoms with Crippen molar-refractivity contribution in [3.05, 3.63) is 82.2 Å². The highest BCUT2D eigenvalue weighted by atomic mass is 16.7. The molecular weight excluding hydrogens is 506 g/mol. The fourth-order valence-electron chi connectivity index (χ4n) is 6.22. The molecule has 4 aromatic rings. The minimum Gasteiger partial charge on any atom is -0.496 e. The topological polar surface area (TPSA) is 70.4 Å². The van der Waals surface area contributed by atoms with Crippen LogP contribution in [0.4, 0.5) is 0 Å². The van der Waals surface area contributed by atoms with Gasteiger partial charge in [-0.05, 0) is 61.5 Å². The quantitative estimate of drug-likeness (QED) is 0.237. The molecule has 208 valence electrons. The van der Waals surface area contributed by atoms with Crippen molar-refractivity contribution < 1.29 is 23.4 Å². The van der Waals surface area contributed by atoms with Gasteiger partial charge in [-0.1, -0.05) is 43.3 Å². The lowest BCUT2D eigenvalue weighted by Gasteiger charge is -2.32. The van der Waals surface area contributed by atoms with Gasteiger partial charge in [-0.2, -0.15) is 0 Å². The SMILES string of the molecule is COc1cc(OC)c2c(-c3ccccc3)cc(=O)oc2c1[C@H](CCN1CCC[C@H](C)C1)c1ccc2c(c1)OCO2. The molecule has 1 aromatic heterocycles. The normalized spacial score (nSPS) is 17.6. The summed E-state index contributed by atoms with van der Waals surface area (Å²) in [5.74, 6) is 3.21. The van der Waals surface area contributed by atoms with E-state index < -0.39 is 5.63 Å². The van der Waals surface area contributed by atoms with Crippen LogP contribution in [0.1, 0.15) is 43.2 Å². The Morgan fingerprint density at radius 2 is 1.77 bits per heavy atom. The van der Waals surface area contributed by atoms with E-state index in [0.717, 1.165) is 65.2 Å². The van der Waals surface area contributed by atoms with Gasteiger partial charge in [0.1, 0.15) is 17.1 Å². The van der Waals surface area contributed by atoms with E-state index in [1.165, 1.54) is 12.8 Å². The Morgan fingerprint density at radius 1 is 0.975 bits per heavy atom. The van der Waals surface area contributed by atoms with Gasteiger partial charge in [-0.25, -0.2) is 4.79 Å². The first kappa shape index (κ1) is 26.3. The number of hydrogen-bond acceptors (Lipinski definition) is 7. The van der Waals surface area contributed by atoms with Crippen LogP contribution in [-0.2, 0) is 0 Å². The van der Waals surface area contributed by atoms with Crippen molar-refractivity contribution in [3.8, 4) is 34.1 Å². The third-order valence-electron chi connectivity index (χ3n) is 8.13. The zero-order chi connectivity index (χ0) is 27.6. The Bertz CT molecular complexity index is 1560. The monoisotopic (exact) mass is 541 g/mol. The molecule has 0 saturated carbocycles. The lowest BCUT2D eigenvalue weighted by molar-refractivity contribution is 0.174. The largest absolute Gasteiger partial charge is 0.496 e. The van der Waals surface area contributed by atoms with Gasteiger partial charge in [0.15, 0.2) is 11.5 Å². The number of methoxy groups -OCH3 is 2. The van der Waals surface area contributed by atoms with E-state index >= 15 is 0 Å². The van der Waals surface area contributed by atoms with Gasteiger partial charge in [0.05, 0.1) is 19.6 Å². The van der Waals surface area contributed by atoms with Crippen LogP contribution in [0.25, 0.3) is 22.1 Å². The second kappa shape index (κ2) is 11.3. The number of likely N-dealkylation sites (tertiary alicyclic amines) is 1. The van der Waals surface area contributed by atoms with Crippen molar-refractivity contribution in [1.82, 2.24) is 4.90 Å². The van der Waals surface area contributed by atoms with Crippen molar-refractivity contribution in [2.45, 2.75) is 32.1 Å². The zero-order valence-electron chi connectivity index (χ0n) is 23.3. The Balaban J connectivity index is 1.56. The highest BCUT2D eigenvalue weighted by Gasteiger charge is 2.29. The van der Waals surface area contributed by atoms with Crippen molar-refractivity contribution >= 4 is 11.0 Å². The minimum absolute atomic E-state index is 0.135. The smallest absolute Gasteiger partial charge is 0.336 e. The number of piperidine rings is 1. The van der Waals surface area contributed by atoms with Crippen molar-refractivity contribution in [2.24, 2.45) is 5.92 Å². The molecule has 7 nitrogen and oxygen atoms in total. The van der Waals surface area contributed by atoms with Gasteiger partial charge in [0.2, 0.25) is 6.79 Å².